The quantitative estimate of drug-likeness (QED) is 0.0197. The molecule has 0 aromatic rings. The van der Waals surface area contributed by atoms with Crippen molar-refractivity contribution in [2.45, 2.75) is 238 Å². The van der Waals surface area contributed by atoms with Crippen molar-refractivity contribution in [2.75, 3.05) is 41.0 Å². The third-order valence-corrected chi connectivity index (χ3v) is 11.5. The van der Waals surface area contributed by atoms with E-state index in [1.54, 1.807) is 21.1 Å². The minimum absolute atomic E-state index is 0.0343. The zero-order valence-electron chi connectivity index (χ0n) is 41.0. The van der Waals surface area contributed by atoms with Gasteiger partial charge in [-0.2, -0.15) is 0 Å². The molecule has 8 heteroatoms. The van der Waals surface area contributed by atoms with E-state index in [0.29, 0.717) is 12.8 Å². The predicted molar refractivity (Wildman–Crippen MR) is 259 cm³/mol. The number of carboxylic acids is 1. The van der Waals surface area contributed by atoms with Gasteiger partial charge in [0.05, 0.1) is 40.3 Å². The lowest BCUT2D eigenvalue weighted by Crippen LogP contribution is -2.55. The van der Waals surface area contributed by atoms with Crippen LogP contribution < -0.4 is 5.11 Å². The van der Waals surface area contributed by atoms with E-state index in [4.69, 9.17) is 14.2 Å². The van der Waals surface area contributed by atoms with Crippen LogP contribution in [0.2, 0.25) is 0 Å². The Labute approximate surface area is 382 Å². The maximum Gasteiger partial charge on any atom is 0.306 e. The number of nitrogens with zero attached hydrogens (tertiary/aromatic N) is 1. The molecule has 2 unspecified atom stereocenters. The van der Waals surface area contributed by atoms with Crippen LogP contribution in [-0.4, -0.2) is 75.5 Å². The smallest absolute Gasteiger partial charge is 0.306 e. The molecule has 0 aliphatic carbocycles. The second-order valence-electron chi connectivity index (χ2n) is 18.4. The molecule has 0 bridgehead atoms. The molecule has 0 N–H and O–H groups in total. The molecule has 0 saturated carbocycles. The molecular weight excluding hydrogens is 775 g/mol. The molecule has 0 fully saturated rings. The van der Waals surface area contributed by atoms with E-state index in [9.17, 15) is 19.5 Å². The first-order valence-corrected chi connectivity index (χ1v) is 25.7. The summed E-state index contributed by atoms with van der Waals surface area (Å²) in [6.07, 6.45) is 54.3. The zero-order chi connectivity index (χ0) is 45.6. The van der Waals surface area contributed by atoms with Gasteiger partial charge in [-0.05, 0) is 57.8 Å². The van der Waals surface area contributed by atoms with Crippen LogP contribution in [-0.2, 0) is 28.6 Å². The molecule has 0 aromatic heterocycles. The summed E-state index contributed by atoms with van der Waals surface area (Å²) in [6, 6.07) is -0.730. The number of hydrogen-bond acceptors (Lipinski definition) is 7. The Morgan fingerprint density at radius 1 is 0.500 bits per heavy atom. The fraction of sp³-hybridized carbons (Fsp3) is 0.796. The highest BCUT2D eigenvalue weighted by Gasteiger charge is 2.25. The molecule has 0 aliphatic heterocycles. The van der Waals surface area contributed by atoms with Gasteiger partial charge in [0, 0.05) is 19.3 Å². The monoisotopic (exact) mass is 872 g/mol. The van der Waals surface area contributed by atoms with E-state index in [0.717, 1.165) is 57.8 Å². The topological polar surface area (TPSA) is 102 Å². The van der Waals surface area contributed by atoms with Crippen LogP contribution in [0.5, 0.6) is 0 Å². The summed E-state index contributed by atoms with van der Waals surface area (Å²) >= 11 is 0. The Bertz CT molecular complexity index is 1150. The molecular formula is C54H97NO7. The van der Waals surface area contributed by atoms with Gasteiger partial charge in [-0.1, -0.05) is 197 Å². The summed E-state index contributed by atoms with van der Waals surface area (Å²) in [7, 11) is 5.41. The van der Waals surface area contributed by atoms with Gasteiger partial charge < -0.3 is 28.6 Å². The van der Waals surface area contributed by atoms with Crippen molar-refractivity contribution in [1.29, 1.82) is 0 Å². The van der Waals surface area contributed by atoms with Crippen LogP contribution in [0.3, 0.4) is 0 Å². The Hall–Kier alpha value is -2.71. The standard InChI is InChI=1S/C54H97NO7/c1-6-8-10-12-14-16-18-20-22-23-24-25-26-27-28-29-31-32-34-36-38-40-42-44-52(56)61-49-50(48-60-47-46-51(54(58)59)55(3,4)5)62-53(57)45-43-41-39-37-35-33-30-21-19-17-15-13-11-9-7-2/h9,11,13,15,17,19,27-28,50-51H,6-8,10,12,14,16,18,20-26,29-49H2,1-5H3/b11-9+,15-13+,19-17+,28-27+. The first kappa shape index (κ1) is 59.3. The van der Waals surface area contributed by atoms with Gasteiger partial charge >= 0.3 is 11.9 Å². The lowest BCUT2D eigenvalue weighted by atomic mass is 10.0. The van der Waals surface area contributed by atoms with Crippen molar-refractivity contribution in [1.82, 2.24) is 0 Å². The molecule has 62 heavy (non-hydrogen) atoms. The third-order valence-electron chi connectivity index (χ3n) is 11.5. The fourth-order valence-corrected chi connectivity index (χ4v) is 7.54. The number of esters is 2. The molecule has 0 rings (SSSR count). The zero-order valence-corrected chi connectivity index (χ0v) is 41.0. The molecule has 0 aliphatic rings. The van der Waals surface area contributed by atoms with E-state index >= 15 is 0 Å². The summed E-state index contributed by atoms with van der Waals surface area (Å²) in [5, 5.41) is 11.7. The van der Waals surface area contributed by atoms with Gasteiger partial charge in [0.1, 0.15) is 12.6 Å². The summed E-state index contributed by atoms with van der Waals surface area (Å²) in [5.74, 6) is -1.75. The third kappa shape index (κ3) is 42.6. The second-order valence-corrected chi connectivity index (χ2v) is 18.4. The molecule has 0 saturated heterocycles. The second kappa shape index (κ2) is 44.9. The Morgan fingerprint density at radius 2 is 0.919 bits per heavy atom. The van der Waals surface area contributed by atoms with Gasteiger partial charge in [-0.3, -0.25) is 9.59 Å². The maximum absolute atomic E-state index is 12.8. The summed E-state index contributed by atoms with van der Waals surface area (Å²) < 4.78 is 17.2. The van der Waals surface area contributed by atoms with Gasteiger partial charge in [0.2, 0.25) is 0 Å². The summed E-state index contributed by atoms with van der Waals surface area (Å²) in [5.41, 5.74) is 0. The van der Waals surface area contributed by atoms with E-state index in [2.05, 4.69) is 62.5 Å². The predicted octanol–water partition coefficient (Wildman–Crippen LogP) is 13.4. The number of hydrogen-bond donors (Lipinski definition) is 0. The van der Waals surface area contributed by atoms with Crippen LogP contribution in [0.4, 0.5) is 0 Å². The molecule has 360 valence electrons. The van der Waals surface area contributed by atoms with Crippen molar-refractivity contribution in [3.05, 3.63) is 48.6 Å². The summed E-state index contributed by atoms with van der Waals surface area (Å²) in [4.78, 5) is 37.0. The summed E-state index contributed by atoms with van der Waals surface area (Å²) in [6.45, 7) is 4.54. The minimum atomic E-state index is -1.13. The van der Waals surface area contributed by atoms with Crippen molar-refractivity contribution in [3.63, 3.8) is 0 Å². The van der Waals surface area contributed by atoms with Gasteiger partial charge in [-0.15, -0.1) is 0 Å². The Balaban J connectivity index is 4.20. The molecule has 0 heterocycles. The molecule has 8 nitrogen and oxygen atoms in total. The number of rotatable bonds is 46. The van der Waals surface area contributed by atoms with E-state index < -0.39 is 18.1 Å². The number of likely N-dealkylation sites (N-methyl/N-ethyl adjacent to an activating group) is 1. The molecule has 0 aromatic carbocycles. The first-order valence-electron chi connectivity index (χ1n) is 25.7. The lowest BCUT2D eigenvalue weighted by molar-refractivity contribution is -0.889. The first-order chi connectivity index (χ1) is 30.1. The highest BCUT2D eigenvalue weighted by molar-refractivity contribution is 5.70. The van der Waals surface area contributed by atoms with E-state index in [-0.39, 0.29) is 42.7 Å². The number of unbranched alkanes of at least 4 members (excludes halogenated alkanes) is 26. The van der Waals surface area contributed by atoms with Crippen molar-refractivity contribution >= 4 is 17.9 Å². The molecule has 0 radical (unpaired) electrons. The van der Waals surface area contributed by atoms with E-state index in [1.165, 1.54) is 135 Å². The number of carbonyl (C=O) groups is 3. The molecule has 0 spiro atoms. The van der Waals surface area contributed by atoms with Gasteiger partial charge in [-0.25, -0.2) is 0 Å². The van der Waals surface area contributed by atoms with Crippen LogP contribution >= 0.6 is 0 Å². The number of aliphatic carboxylic acids is 1. The fourth-order valence-electron chi connectivity index (χ4n) is 7.54. The highest BCUT2D eigenvalue weighted by atomic mass is 16.6. The normalized spacial score (nSPS) is 13.2. The molecule has 2 atom stereocenters. The van der Waals surface area contributed by atoms with E-state index in [1.807, 2.05) is 0 Å². The SMILES string of the molecule is CC/C=C/C=C/C=C/CCCCCCCCCC(=O)OC(COCCC(C(=O)[O-])[N+](C)(C)C)COC(=O)CCCCCCCCC/C=C/CCCCCCCCCCCCCC. The number of ether oxygens (including phenoxy) is 3. The largest absolute Gasteiger partial charge is 0.544 e. The van der Waals surface area contributed by atoms with Crippen LogP contribution in [0.1, 0.15) is 226 Å². The van der Waals surface area contributed by atoms with Crippen LogP contribution in [0, 0.1) is 0 Å². The van der Waals surface area contributed by atoms with Crippen LogP contribution in [0.25, 0.3) is 0 Å². The van der Waals surface area contributed by atoms with Crippen LogP contribution in [0.15, 0.2) is 48.6 Å². The minimum Gasteiger partial charge on any atom is -0.544 e. The van der Waals surface area contributed by atoms with Crippen molar-refractivity contribution in [2.24, 2.45) is 0 Å². The van der Waals surface area contributed by atoms with Crippen molar-refractivity contribution in [3.8, 4) is 0 Å². The van der Waals surface area contributed by atoms with Gasteiger partial charge in [0.25, 0.3) is 0 Å². The maximum atomic E-state index is 12.8. The lowest BCUT2D eigenvalue weighted by Gasteiger charge is -2.34. The number of quaternary nitrogens is 1. The average molecular weight is 872 g/mol. The number of carbonyl (C=O) groups excluding carboxylic acids is 3. The number of allylic oxidation sites excluding steroid dienone is 8. The average Bonchev–Trinajstić information content (AvgIpc) is 3.23. The molecule has 0 amide bonds. The van der Waals surface area contributed by atoms with Crippen molar-refractivity contribution < 1.29 is 38.2 Å². The highest BCUT2D eigenvalue weighted by Crippen LogP contribution is 2.15. The van der Waals surface area contributed by atoms with Gasteiger partial charge in [0.15, 0.2) is 6.10 Å². The Kier molecular flexibility index (Phi) is 42.9. The Morgan fingerprint density at radius 3 is 1.37 bits per heavy atom. The number of carboxylic acid groups (broad SMARTS) is 1.